The summed E-state index contributed by atoms with van der Waals surface area (Å²) in [4.78, 5) is 14.1. The lowest BCUT2D eigenvalue weighted by Crippen LogP contribution is -2.57. The van der Waals surface area contributed by atoms with Gasteiger partial charge in [-0.2, -0.15) is 0 Å². The number of hydrogen-bond donors (Lipinski definition) is 1. The van der Waals surface area contributed by atoms with Crippen LogP contribution < -0.4 is 5.73 Å². The Hall–Kier alpha value is -0.610. The molecule has 1 aliphatic heterocycles. The van der Waals surface area contributed by atoms with Crippen LogP contribution in [-0.4, -0.2) is 42.1 Å². The van der Waals surface area contributed by atoms with Crippen molar-refractivity contribution < 1.29 is 9.53 Å². The number of nitrogens with zero attached hydrogens (tertiary/aromatic N) is 1. The van der Waals surface area contributed by atoms with Crippen LogP contribution in [0.25, 0.3) is 0 Å². The first-order valence-electron chi connectivity index (χ1n) is 5.82. The van der Waals surface area contributed by atoms with Crippen molar-refractivity contribution in [2.24, 2.45) is 5.73 Å². The van der Waals surface area contributed by atoms with Crippen LogP contribution in [0, 0.1) is 0 Å². The molecule has 2 N–H and O–H groups in total. The normalized spacial score (nSPS) is 30.5. The molecule has 1 amide bonds. The number of hydrogen-bond acceptors (Lipinski definition) is 3. The van der Waals surface area contributed by atoms with Crippen molar-refractivity contribution in [3.63, 3.8) is 0 Å². The van der Waals surface area contributed by atoms with Gasteiger partial charge in [-0.1, -0.05) is 12.8 Å². The summed E-state index contributed by atoms with van der Waals surface area (Å²) in [5.74, 6) is 0.134. The Morgan fingerprint density at radius 2 is 2.13 bits per heavy atom. The van der Waals surface area contributed by atoms with Gasteiger partial charge in [-0.05, 0) is 19.8 Å². The third kappa shape index (κ3) is 2.16. The zero-order chi connectivity index (χ0) is 10.9. The Balaban J connectivity index is 2.00. The van der Waals surface area contributed by atoms with Gasteiger partial charge in [0.1, 0.15) is 0 Å². The van der Waals surface area contributed by atoms with Crippen molar-refractivity contribution in [1.82, 2.24) is 4.90 Å². The van der Waals surface area contributed by atoms with E-state index in [0.29, 0.717) is 19.7 Å². The summed E-state index contributed by atoms with van der Waals surface area (Å²) in [6.07, 6.45) is 4.01. The molecule has 4 heteroatoms. The molecule has 2 rings (SSSR count). The fraction of sp³-hybridized carbons (Fsp3) is 0.909. The van der Waals surface area contributed by atoms with Crippen LogP contribution in [0.1, 0.15) is 32.6 Å². The summed E-state index contributed by atoms with van der Waals surface area (Å²) in [7, 11) is 0. The maximum atomic E-state index is 12.2. The summed E-state index contributed by atoms with van der Waals surface area (Å²) >= 11 is 0. The van der Waals surface area contributed by atoms with Crippen LogP contribution in [0.2, 0.25) is 0 Å². The first-order valence-corrected chi connectivity index (χ1v) is 5.82. The topological polar surface area (TPSA) is 55.6 Å². The number of amides is 1. The highest BCUT2D eigenvalue weighted by Crippen LogP contribution is 2.29. The van der Waals surface area contributed by atoms with Crippen molar-refractivity contribution >= 4 is 5.91 Å². The molecule has 2 fully saturated rings. The van der Waals surface area contributed by atoms with Crippen LogP contribution in [0.15, 0.2) is 0 Å². The number of carbonyl (C=O) groups excluding carboxylic acids is 1. The first-order chi connectivity index (χ1) is 7.12. The molecule has 2 aliphatic rings. The molecule has 0 aromatic heterocycles. The Morgan fingerprint density at radius 3 is 2.73 bits per heavy atom. The predicted molar refractivity (Wildman–Crippen MR) is 57.4 cm³/mol. The molecule has 0 aromatic rings. The fourth-order valence-corrected chi connectivity index (χ4v) is 2.54. The van der Waals surface area contributed by atoms with Gasteiger partial charge >= 0.3 is 0 Å². The Kier molecular flexibility index (Phi) is 2.98. The van der Waals surface area contributed by atoms with Gasteiger partial charge in [0.25, 0.3) is 0 Å². The zero-order valence-corrected chi connectivity index (χ0v) is 9.37. The number of ether oxygens (including phenoxy) is 1. The first kappa shape index (κ1) is 10.9. The maximum Gasteiger partial charge on any atom is 0.242 e. The lowest BCUT2D eigenvalue weighted by molar-refractivity contribution is -0.143. The highest BCUT2D eigenvalue weighted by molar-refractivity contribution is 5.86. The van der Waals surface area contributed by atoms with Crippen molar-refractivity contribution in [3.05, 3.63) is 0 Å². The highest BCUT2D eigenvalue weighted by atomic mass is 16.5. The number of morpholine rings is 1. The van der Waals surface area contributed by atoms with E-state index in [1.165, 1.54) is 0 Å². The second-order valence-electron chi connectivity index (χ2n) is 4.80. The summed E-state index contributed by atoms with van der Waals surface area (Å²) in [6.45, 7) is 4.03. The zero-order valence-electron chi connectivity index (χ0n) is 9.37. The summed E-state index contributed by atoms with van der Waals surface area (Å²) in [6, 6.07) is 0. The molecule has 0 aromatic carbocycles. The van der Waals surface area contributed by atoms with Crippen LogP contribution in [0.5, 0.6) is 0 Å². The van der Waals surface area contributed by atoms with Gasteiger partial charge in [0.15, 0.2) is 0 Å². The lowest BCUT2D eigenvalue weighted by Gasteiger charge is -2.36. The number of rotatable bonds is 1. The minimum Gasteiger partial charge on any atom is -0.375 e. The van der Waals surface area contributed by atoms with Gasteiger partial charge in [0.05, 0.1) is 18.2 Å². The van der Waals surface area contributed by atoms with E-state index in [4.69, 9.17) is 10.5 Å². The van der Waals surface area contributed by atoms with Crippen molar-refractivity contribution in [2.75, 3.05) is 19.7 Å². The number of nitrogens with two attached hydrogens (primary N) is 1. The Labute approximate surface area is 90.8 Å². The van der Waals surface area contributed by atoms with Crippen LogP contribution >= 0.6 is 0 Å². The fourth-order valence-electron chi connectivity index (χ4n) is 2.54. The van der Waals surface area contributed by atoms with Crippen molar-refractivity contribution in [2.45, 2.75) is 44.2 Å². The minimum absolute atomic E-state index is 0.134. The Morgan fingerprint density at radius 1 is 1.47 bits per heavy atom. The SMILES string of the molecule is CC1CN(C(=O)C2(N)CCCC2)CCO1. The van der Waals surface area contributed by atoms with Gasteiger partial charge in [-0.3, -0.25) is 4.79 Å². The van der Waals surface area contributed by atoms with Gasteiger partial charge < -0.3 is 15.4 Å². The quantitative estimate of drug-likeness (QED) is 0.689. The lowest BCUT2D eigenvalue weighted by atomic mass is 9.97. The van der Waals surface area contributed by atoms with Crippen LogP contribution in [0.4, 0.5) is 0 Å². The van der Waals surface area contributed by atoms with E-state index in [-0.39, 0.29) is 12.0 Å². The molecular weight excluding hydrogens is 192 g/mol. The largest absolute Gasteiger partial charge is 0.375 e. The van der Waals surface area contributed by atoms with E-state index in [9.17, 15) is 4.79 Å². The maximum absolute atomic E-state index is 12.2. The van der Waals surface area contributed by atoms with Gasteiger partial charge in [0, 0.05) is 13.1 Å². The smallest absolute Gasteiger partial charge is 0.242 e. The van der Waals surface area contributed by atoms with Gasteiger partial charge in [-0.25, -0.2) is 0 Å². The average molecular weight is 212 g/mol. The van der Waals surface area contributed by atoms with Gasteiger partial charge in [0.2, 0.25) is 5.91 Å². The van der Waals surface area contributed by atoms with Crippen LogP contribution in [-0.2, 0) is 9.53 Å². The van der Waals surface area contributed by atoms with E-state index in [1.54, 1.807) is 0 Å². The molecule has 0 spiro atoms. The second-order valence-corrected chi connectivity index (χ2v) is 4.80. The molecule has 0 bridgehead atoms. The monoisotopic (exact) mass is 212 g/mol. The molecule has 86 valence electrons. The van der Waals surface area contributed by atoms with E-state index in [2.05, 4.69) is 0 Å². The van der Waals surface area contributed by atoms with E-state index in [1.807, 2.05) is 11.8 Å². The molecule has 1 unspecified atom stereocenters. The molecular formula is C11H20N2O2. The predicted octanol–water partition coefficient (Wildman–Crippen LogP) is 0.505. The van der Waals surface area contributed by atoms with E-state index >= 15 is 0 Å². The summed E-state index contributed by atoms with van der Waals surface area (Å²) in [5.41, 5.74) is 5.57. The number of carbonyl (C=O) groups is 1. The molecule has 15 heavy (non-hydrogen) atoms. The molecule has 1 saturated heterocycles. The summed E-state index contributed by atoms with van der Waals surface area (Å²) in [5, 5.41) is 0. The third-order valence-electron chi connectivity index (χ3n) is 3.45. The molecule has 1 saturated carbocycles. The highest BCUT2D eigenvalue weighted by Gasteiger charge is 2.40. The molecule has 0 radical (unpaired) electrons. The van der Waals surface area contributed by atoms with Crippen LogP contribution in [0.3, 0.4) is 0 Å². The second kappa shape index (κ2) is 4.10. The van der Waals surface area contributed by atoms with E-state index < -0.39 is 5.54 Å². The summed E-state index contributed by atoms with van der Waals surface area (Å²) < 4.78 is 5.42. The van der Waals surface area contributed by atoms with Crippen molar-refractivity contribution in [3.8, 4) is 0 Å². The minimum atomic E-state index is -0.572. The third-order valence-corrected chi connectivity index (χ3v) is 3.45. The molecule has 1 heterocycles. The van der Waals surface area contributed by atoms with Crippen molar-refractivity contribution in [1.29, 1.82) is 0 Å². The standard InChI is InChI=1S/C11H20N2O2/c1-9-8-13(6-7-15-9)10(14)11(12)4-2-3-5-11/h9H,2-8,12H2,1H3. The Bertz CT molecular complexity index is 249. The molecule has 4 nitrogen and oxygen atoms in total. The van der Waals surface area contributed by atoms with E-state index in [0.717, 1.165) is 25.7 Å². The molecule has 1 aliphatic carbocycles. The van der Waals surface area contributed by atoms with Gasteiger partial charge in [-0.15, -0.1) is 0 Å². The molecule has 1 atom stereocenters. The average Bonchev–Trinajstić information content (AvgIpc) is 2.65.